The first-order chi connectivity index (χ1) is 8.56. The Bertz CT molecular complexity index is 526. The van der Waals surface area contributed by atoms with Gasteiger partial charge in [-0.15, -0.1) is 0 Å². The Morgan fingerprint density at radius 1 is 1.17 bits per heavy atom. The molecular formula is C12H7Cl3FNO. The van der Waals surface area contributed by atoms with E-state index in [1.165, 1.54) is 24.4 Å². The van der Waals surface area contributed by atoms with E-state index in [0.29, 0.717) is 20.8 Å². The average Bonchev–Trinajstić information content (AvgIpc) is 2.30. The van der Waals surface area contributed by atoms with Crippen LogP contribution >= 0.6 is 34.8 Å². The maximum atomic E-state index is 13.4. The molecule has 94 valence electrons. The van der Waals surface area contributed by atoms with Gasteiger partial charge in [-0.05, 0) is 24.3 Å². The van der Waals surface area contributed by atoms with E-state index in [-0.39, 0.29) is 12.4 Å². The molecule has 2 aromatic rings. The van der Waals surface area contributed by atoms with Gasteiger partial charge in [0.25, 0.3) is 0 Å². The van der Waals surface area contributed by atoms with Gasteiger partial charge in [0.05, 0.1) is 5.02 Å². The lowest BCUT2D eigenvalue weighted by atomic mass is 10.3. The molecule has 0 saturated carbocycles. The van der Waals surface area contributed by atoms with Crippen molar-refractivity contribution in [3.8, 4) is 5.75 Å². The van der Waals surface area contributed by atoms with Crippen molar-refractivity contribution in [2.45, 2.75) is 6.61 Å². The quantitative estimate of drug-likeness (QED) is 0.763. The molecule has 2 nitrogen and oxygen atoms in total. The number of benzene rings is 1. The number of halogens is 4. The normalized spacial score (nSPS) is 10.4. The molecule has 0 atom stereocenters. The van der Waals surface area contributed by atoms with E-state index < -0.39 is 5.82 Å². The van der Waals surface area contributed by atoms with Crippen molar-refractivity contribution in [3.63, 3.8) is 0 Å². The van der Waals surface area contributed by atoms with Crippen molar-refractivity contribution in [2.24, 2.45) is 0 Å². The van der Waals surface area contributed by atoms with Gasteiger partial charge in [-0.25, -0.2) is 9.37 Å². The predicted octanol–water partition coefficient (Wildman–Crippen LogP) is 4.76. The van der Waals surface area contributed by atoms with E-state index in [1.54, 1.807) is 6.07 Å². The molecule has 0 N–H and O–H groups in total. The van der Waals surface area contributed by atoms with Crippen molar-refractivity contribution >= 4 is 34.8 Å². The Labute approximate surface area is 118 Å². The molecular weight excluding hydrogens is 299 g/mol. The monoisotopic (exact) mass is 305 g/mol. The van der Waals surface area contributed by atoms with E-state index in [2.05, 4.69) is 4.98 Å². The number of nitrogens with zero attached hydrogens (tertiary/aromatic N) is 1. The number of pyridine rings is 1. The fourth-order valence-corrected chi connectivity index (χ4v) is 1.87. The summed E-state index contributed by atoms with van der Waals surface area (Å²) in [5, 5.41) is 1.02. The highest BCUT2D eigenvalue weighted by Gasteiger charge is 2.07. The molecule has 6 heteroatoms. The molecule has 0 aliphatic carbocycles. The van der Waals surface area contributed by atoms with Gasteiger partial charge in [-0.3, -0.25) is 0 Å². The van der Waals surface area contributed by atoms with E-state index in [1.807, 2.05) is 0 Å². The van der Waals surface area contributed by atoms with Crippen LogP contribution in [0.5, 0.6) is 5.75 Å². The highest BCUT2D eigenvalue weighted by atomic mass is 35.5. The lowest BCUT2D eigenvalue weighted by molar-refractivity contribution is 0.290. The first-order valence-corrected chi connectivity index (χ1v) is 6.07. The second-order valence-electron chi connectivity index (χ2n) is 3.46. The maximum Gasteiger partial charge on any atom is 0.166 e. The predicted molar refractivity (Wildman–Crippen MR) is 70.0 cm³/mol. The topological polar surface area (TPSA) is 22.1 Å². The van der Waals surface area contributed by atoms with Crippen LogP contribution in [0.15, 0.2) is 30.5 Å². The van der Waals surface area contributed by atoms with Crippen molar-refractivity contribution in [3.05, 3.63) is 57.0 Å². The van der Waals surface area contributed by atoms with Crippen LogP contribution < -0.4 is 4.74 Å². The van der Waals surface area contributed by atoms with E-state index in [0.717, 1.165) is 0 Å². The summed E-state index contributed by atoms with van der Waals surface area (Å²) in [4.78, 5) is 3.87. The van der Waals surface area contributed by atoms with Gasteiger partial charge < -0.3 is 4.74 Å². The smallest absolute Gasteiger partial charge is 0.166 e. The van der Waals surface area contributed by atoms with Gasteiger partial charge in [-0.1, -0.05) is 34.8 Å². The molecule has 2 rings (SSSR count). The van der Waals surface area contributed by atoms with Crippen molar-refractivity contribution < 1.29 is 9.13 Å². The van der Waals surface area contributed by atoms with Crippen LogP contribution in [-0.4, -0.2) is 4.98 Å². The van der Waals surface area contributed by atoms with Gasteiger partial charge in [0.1, 0.15) is 11.8 Å². The molecule has 0 bridgehead atoms. The largest absolute Gasteiger partial charge is 0.486 e. The molecule has 0 aliphatic rings. The molecule has 18 heavy (non-hydrogen) atoms. The third-order valence-electron chi connectivity index (χ3n) is 2.17. The zero-order chi connectivity index (χ0) is 13.1. The summed E-state index contributed by atoms with van der Waals surface area (Å²) in [7, 11) is 0. The third kappa shape index (κ3) is 3.25. The maximum absolute atomic E-state index is 13.4. The van der Waals surface area contributed by atoms with E-state index in [4.69, 9.17) is 39.5 Å². The minimum atomic E-state index is -0.527. The lowest BCUT2D eigenvalue weighted by Crippen LogP contribution is -1.99. The molecule has 0 unspecified atom stereocenters. The summed E-state index contributed by atoms with van der Waals surface area (Å²) in [6, 6.07) is 5.68. The number of hydrogen-bond donors (Lipinski definition) is 0. The Morgan fingerprint density at radius 2 is 1.94 bits per heavy atom. The van der Waals surface area contributed by atoms with E-state index in [9.17, 15) is 4.39 Å². The van der Waals surface area contributed by atoms with Crippen molar-refractivity contribution in [1.29, 1.82) is 0 Å². The van der Waals surface area contributed by atoms with Crippen LogP contribution in [-0.2, 0) is 6.61 Å². The van der Waals surface area contributed by atoms with Gasteiger partial charge in [0.15, 0.2) is 11.6 Å². The first-order valence-electron chi connectivity index (χ1n) is 4.94. The second-order valence-corrected chi connectivity index (χ2v) is 4.69. The summed E-state index contributed by atoms with van der Waals surface area (Å²) in [6.45, 7) is 0.0988. The minimum absolute atomic E-state index is 0.0988. The number of ether oxygens (including phenoxy) is 1. The summed E-state index contributed by atoms with van der Waals surface area (Å²) < 4.78 is 18.7. The van der Waals surface area contributed by atoms with Crippen LogP contribution in [0.4, 0.5) is 4.39 Å². The number of hydrogen-bond acceptors (Lipinski definition) is 2. The van der Waals surface area contributed by atoms with Gasteiger partial charge in [0, 0.05) is 16.8 Å². The minimum Gasteiger partial charge on any atom is -0.486 e. The summed E-state index contributed by atoms with van der Waals surface area (Å²) in [5.74, 6) is -0.425. The fourth-order valence-electron chi connectivity index (χ4n) is 1.29. The zero-order valence-corrected chi connectivity index (χ0v) is 11.2. The van der Waals surface area contributed by atoms with E-state index >= 15 is 0 Å². The Morgan fingerprint density at radius 3 is 2.61 bits per heavy atom. The summed E-state index contributed by atoms with van der Waals surface area (Å²) >= 11 is 17.2. The van der Waals surface area contributed by atoms with Crippen LogP contribution in [0.1, 0.15) is 5.56 Å². The SMILES string of the molecule is Fc1cc(Cl)ccc1OCc1cnc(Cl)cc1Cl. The molecule has 0 saturated heterocycles. The van der Waals surface area contributed by atoms with Crippen molar-refractivity contribution in [2.75, 3.05) is 0 Å². The van der Waals surface area contributed by atoms with Crippen LogP contribution in [0.25, 0.3) is 0 Å². The molecule has 0 amide bonds. The first kappa shape index (κ1) is 13.4. The van der Waals surface area contributed by atoms with Gasteiger partial charge in [-0.2, -0.15) is 0 Å². The van der Waals surface area contributed by atoms with Gasteiger partial charge >= 0.3 is 0 Å². The Kier molecular flexibility index (Phi) is 4.27. The standard InChI is InChI=1S/C12H7Cl3FNO/c13-8-1-2-11(10(16)3-8)18-6-7-5-17-12(15)4-9(7)14/h1-5H,6H2. The van der Waals surface area contributed by atoms with Crippen LogP contribution in [0, 0.1) is 5.82 Å². The molecule has 1 aromatic heterocycles. The Hall–Kier alpha value is -1.03. The zero-order valence-electron chi connectivity index (χ0n) is 8.96. The summed E-state index contributed by atoms with van der Waals surface area (Å²) in [5.41, 5.74) is 0.621. The molecule has 1 heterocycles. The highest BCUT2D eigenvalue weighted by Crippen LogP contribution is 2.24. The summed E-state index contributed by atoms with van der Waals surface area (Å²) in [6.07, 6.45) is 1.48. The average molecular weight is 307 g/mol. The Balaban J connectivity index is 2.11. The highest BCUT2D eigenvalue weighted by molar-refractivity contribution is 6.34. The fraction of sp³-hybridized carbons (Fsp3) is 0.0833. The molecule has 0 fully saturated rings. The van der Waals surface area contributed by atoms with Crippen molar-refractivity contribution in [1.82, 2.24) is 4.98 Å². The van der Waals surface area contributed by atoms with Crippen LogP contribution in [0.2, 0.25) is 15.2 Å². The second kappa shape index (κ2) is 5.74. The number of aromatic nitrogens is 1. The number of rotatable bonds is 3. The molecule has 0 spiro atoms. The lowest BCUT2D eigenvalue weighted by Gasteiger charge is -2.08. The molecule has 1 aromatic carbocycles. The molecule has 0 aliphatic heterocycles. The molecule has 0 radical (unpaired) electrons. The van der Waals surface area contributed by atoms with Gasteiger partial charge in [0.2, 0.25) is 0 Å². The third-order valence-corrected chi connectivity index (χ3v) is 2.97. The van der Waals surface area contributed by atoms with Crippen LogP contribution in [0.3, 0.4) is 0 Å².